The van der Waals surface area contributed by atoms with Gasteiger partial charge in [0.2, 0.25) is 5.76 Å². The number of phenolic OH excluding ortho intramolecular Hbond substituents is 1. The quantitative estimate of drug-likeness (QED) is 0.893. The van der Waals surface area contributed by atoms with E-state index in [9.17, 15) is 9.90 Å². The van der Waals surface area contributed by atoms with E-state index in [2.05, 4.69) is 9.68 Å². The second-order valence-electron chi connectivity index (χ2n) is 3.70. The van der Waals surface area contributed by atoms with Crippen LogP contribution in [0.3, 0.4) is 0 Å². The number of phenols is 1. The second kappa shape index (κ2) is 5.30. The van der Waals surface area contributed by atoms with Gasteiger partial charge in [-0.1, -0.05) is 16.8 Å². The molecule has 20 heavy (non-hydrogen) atoms. The molecule has 0 aliphatic heterocycles. The van der Waals surface area contributed by atoms with E-state index in [1.165, 1.54) is 20.3 Å². The summed E-state index contributed by atoms with van der Waals surface area (Å²) in [6.45, 7) is 0. The molecule has 1 aromatic carbocycles. The average Bonchev–Trinajstić information content (AvgIpc) is 2.90. The van der Waals surface area contributed by atoms with Crippen LogP contribution in [0.1, 0.15) is 10.6 Å². The summed E-state index contributed by atoms with van der Waals surface area (Å²) in [6, 6.07) is 2.52. The van der Waals surface area contributed by atoms with Crippen molar-refractivity contribution in [3.8, 4) is 28.5 Å². The van der Waals surface area contributed by atoms with Gasteiger partial charge in [-0.15, -0.1) is 0 Å². The number of nitrogens with zero attached hydrogens (tertiary/aromatic N) is 1. The largest absolute Gasteiger partial charge is 0.506 e. The van der Waals surface area contributed by atoms with Crippen LogP contribution in [0, 0.1) is 0 Å². The Balaban J connectivity index is 2.70. The summed E-state index contributed by atoms with van der Waals surface area (Å²) in [4.78, 5) is 10.8. The Hall–Kier alpha value is -2.41. The summed E-state index contributed by atoms with van der Waals surface area (Å²) in [5.74, 6) is -1.53. The van der Waals surface area contributed by atoms with Crippen molar-refractivity contribution in [2.75, 3.05) is 14.2 Å². The van der Waals surface area contributed by atoms with E-state index in [0.717, 1.165) is 6.07 Å². The molecule has 0 radical (unpaired) electrons. The van der Waals surface area contributed by atoms with Crippen molar-refractivity contribution in [3.63, 3.8) is 0 Å². The summed E-state index contributed by atoms with van der Waals surface area (Å²) >= 11 is 5.89. The molecule has 0 bridgehead atoms. The predicted molar refractivity (Wildman–Crippen MR) is 68.7 cm³/mol. The van der Waals surface area contributed by atoms with Crippen LogP contribution in [0.4, 0.5) is 0 Å². The van der Waals surface area contributed by atoms with Crippen LogP contribution in [0.25, 0.3) is 11.3 Å². The topological polar surface area (TPSA) is 102 Å². The summed E-state index contributed by atoms with van der Waals surface area (Å²) in [6.07, 6.45) is 0. The van der Waals surface area contributed by atoms with Crippen LogP contribution in [0.15, 0.2) is 16.7 Å². The monoisotopic (exact) mass is 299 g/mol. The Morgan fingerprint density at radius 2 is 2.05 bits per heavy atom. The summed E-state index contributed by atoms with van der Waals surface area (Å²) < 4.78 is 14.9. The fourth-order valence-electron chi connectivity index (χ4n) is 1.68. The number of aromatic carboxylic acids is 1. The van der Waals surface area contributed by atoms with Crippen molar-refractivity contribution in [1.82, 2.24) is 5.16 Å². The van der Waals surface area contributed by atoms with Gasteiger partial charge in [0.25, 0.3) is 0 Å². The Bertz CT molecular complexity index is 666. The fraction of sp³-hybridized carbons (Fsp3) is 0.167. The van der Waals surface area contributed by atoms with Crippen LogP contribution in [-0.4, -0.2) is 35.6 Å². The lowest BCUT2D eigenvalue weighted by Gasteiger charge is -2.13. The number of hydrogen-bond acceptors (Lipinski definition) is 6. The second-order valence-corrected chi connectivity index (χ2v) is 4.11. The zero-order valence-corrected chi connectivity index (χ0v) is 11.3. The lowest BCUT2D eigenvalue weighted by molar-refractivity contribution is 0.0652. The van der Waals surface area contributed by atoms with Crippen molar-refractivity contribution in [2.24, 2.45) is 0 Å². The molecule has 0 saturated heterocycles. The first kappa shape index (κ1) is 14.0. The smallest absolute Gasteiger partial charge is 0.374 e. The van der Waals surface area contributed by atoms with Crippen molar-refractivity contribution in [1.29, 1.82) is 0 Å². The maximum atomic E-state index is 10.8. The number of methoxy groups -OCH3 is 2. The molecule has 2 rings (SSSR count). The van der Waals surface area contributed by atoms with Crippen molar-refractivity contribution in [2.45, 2.75) is 0 Å². The van der Waals surface area contributed by atoms with Gasteiger partial charge in [0, 0.05) is 12.1 Å². The Morgan fingerprint density at radius 1 is 1.35 bits per heavy atom. The van der Waals surface area contributed by atoms with Gasteiger partial charge in [-0.2, -0.15) is 0 Å². The molecule has 0 aliphatic rings. The van der Waals surface area contributed by atoms with E-state index in [-0.39, 0.29) is 39.3 Å². The predicted octanol–water partition coefficient (Wildman–Crippen LogP) is 2.42. The molecule has 1 heterocycles. The third kappa shape index (κ3) is 2.23. The lowest BCUT2D eigenvalue weighted by atomic mass is 10.1. The average molecular weight is 300 g/mol. The highest BCUT2D eigenvalue weighted by molar-refractivity contribution is 6.32. The van der Waals surface area contributed by atoms with E-state index in [4.69, 9.17) is 26.2 Å². The SMILES string of the molecule is COc1cc(Cl)c(O)c(-c2cc(C(=O)O)on2)c1OC. The number of carboxylic acid groups (broad SMARTS) is 1. The molecule has 106 valence electrons. The van der Waals surface area contributed by atoms with Crippen molar-refractivity contribution in [3.05, 3.63) is 22.9 Å². The van der Waals surface area contributed by atoms with Gasteiger partial charge < -0.3 is 24.2 Å². The van der Waals surface area contributed by atoms with Gasteiger partial charge in [-0.3, -0.25) is 0 Å². The van der Waals surface area contributed by atoms with Gasteiger partial charge in [0.15, 0.2) is 11.5 Å². The number of aromatic hydroxyl groups is 1. The summed E-state index contributed by atoms with van der Waals surface area (Å²) in [7, 11) is 2.77. The number of hydrogen-bond donors (Lipinski definition) is 2. The van der Waals surface area contributed by atoms with Gasteiger partial charge >= 0.3 is 5.97 Å². The number of carboxylic acids is 1. The highest BCUT2D eigenvalue weighted by Crippen LogP contribution is 2.47. The van der Waals surface area contributed by atoms with Gasteiger partial charge in [-0.25, -0.2) is 4.79 Å². The third-order valence-electron chi connectivity index (χ3n) is 2.57. The highest BCUT2D eigenvalue weighted by atomic mass is 35.5. The van der Waals surface area contributed by atoms with Crippen LogP contribution >= 0.6 is 11.6 Å². The lowest BCUT2D eigenvalue weighted by Crippen LogP contribution is -1.95. The number of carbonyl (C=O) groups is 1. The number of aromatic nitrogens is 1. The van der Waals surface area contributed by atoms with Crippen molar-refractivity contribution >= 4 is 17.6 Å². The zero-order valence-electron chi connectivity index (χ0n) is 10.5. The maximum absolute atomic E-state index is 10.8. The molecule has 2 N–H and O–H groups in total. The van der Waals surface area contributed by atoms with E-state index in [0.29, 0.717) is 0 Å². The Morgan fingerprint density at radius 3 is 2.55 bits per heavy atom. The number of halogens is 1. The van der Waals surface area contributed by atoms with E-state index < -0.39 is 5.97 Å². The highest BCUT2D eigenvalue weighted by Gasteiger charge is 2.24. The van der Waals surface area contributed by atoms with Crippen LogP contribution in [0.2, 0.25) is 5.02 Å². The number of benzene rings is 1. The molecule has 7 nitrogen and oxygen atoms in total. The molecule has 0 atom stereocenters. The molecule has 1 aromatic heterocycles. The maximum Gasteiger partial charge on any atom is 0.374 e. The minimum atomic E-state index is -1.28. The van der Waals surface area contributed by atoms with Crippen LogP contribution in [-0.2, 0) is 0 Å². The molecule has 0 saturated carbocycles. The molecule has 0 unspecified atom stereocenters. The third-order valence-corrected chi connectivity index (χ3v) is 2.86. The first-order valence-electron chi connectivity index (χ1n) is 5.33. The Labute approximate surface area is 118 Å². The molecule has 8 heteroatoms. The minimum absolute atomic E-state index is 0.0116. The molecule has 0 fully saturated rings. The summed E-state index contributed by atoms with van der Waals surface area (Å²) in [5, 5.41) is 22.4. The number of rotatable bonds is 4. The van der Waals surface area contributed by atoms with Crippen LogP contribution in [0.5, 0.6) is 17.2 Å². The van der Waals surface area contributed by atoms with Gasteiger partial charge in [0.1, 0.15) is 11.4 Å². The zero-order chi connectivity index (χ0) is 14.9. The standard InChI is InChI=1S/C12H10ClNO6/c1-18-7-3-5(13)10(15)9(11(7)19-2)6-4-8(12(16)17)20-14-6/h3-4,15H,1-2H3,(H,16,17). The van der Waals surface area contributed by atoms with E-state index in [1.54, 1.807) is 0 Å². The molecule has 0 spiro atoms. The normalized spacial score (nSPS) is 10.3. The molecule has 0 amide bonds. The number of ether oxygens (including phenoxy) is 2. The molecular weight excluding hydrogens is 290 g/mol. The first-order valence-corrected chi connectivity index (χ1v) is 5.71. The van der Waals surface area contributed by atoms with E-state index >= 15 is 0 Å². The summed E-state index contributed by atoms with van der Waals surface area (Å²) in [5.41, 5.74) is 0.158. The van der Waals surface area contributed by atoms with E-state index in [1.807, 2.05) is 0 Å². The molecule has 0 aliphatic carbocycles. The van der Waals surface area contributed by atoms with Gasteiger partial charge in [-0.05, 0) is 0 Å². The molecular formula is C12H10ClNO6. The van der Waals surface area contributed by atoms with Gasteiger partial charge in [0.05, 0.1) is 24.8 Å². The Kier molecular flexibility index (Phi) is 3.71. The first-order chi connectivity index (χ1) is 9.49. The minimum Gasteiger partial charge on any atom is -0.506 e. The fourth-order valence-corrected chi connectivity index (χ4v) is 1.88. The molecule has 2 aromatic rings. The van der Waals surface area contributed by atoms with Crippen molar-refractivity contribution < 1.29 is 29.0 Å². The van der Waals surface area contributed by atoms with Crippen LogP contribution < -0.4 is 9.47 Å².